The van der Waals surface area contributed by atoms with E-state index >= 15 is 0 Å². The van der Waals surface area contributed by atoms with Crippen molar-refractivity contribution in [3.8, 4) is 11.5 Å². The van der Waals surface area contributed by atoms with Gasteiger partial charge >= 0.3 is 0 Å². The Morgan fingerprint density at radius 3 is 2.25 bits per heavy atom. The van der Waals surface area contributed by atoms with Crippen molar-refractivity contribution in [3.63, 3.8) is 0 Å². The lowest BCUT2D eigenvalue weighted by molar-refractivity contribution is -0.121. The molecule has 1 heterocycles. The number of benzene rings is 2. The topological polar surface area (TPSA) is 97.0 Å². The summed E-state index contributed by atoms with van der Waals surface area (Å²) >= 11 is 0. The van der Waals surface area contributed by atoms with Crippen molar-refractivity contribution in [2.75, 3.05) is 29.8 Å². The number of nitrogens with zero attached hydrogens (tertiary/aromatic N) is 1. The van der Waals surface area contributed by atoms with Gasteiger partial charge in [-0.05, 0) is 36.4 Å². The van der Waals surface area contributed by atoms with E-state index in [4.69, 9.17) is 9.47 Å². The van der Waals surface area contributed by atoms with Gasteiger partial charge in [0.05, 0.1) is 26.3 Å². The molecule has 1 unspecified atom stereocenters. The number of rotatable bonds is 6. The number of hydrogen-bond donors (Lipinski definition) is 2. The maximum atomic E-state index is 12.8. The lowest BCUT2D eigenvalue weighted by atomic mass is 10.2. The Balaban J connectivity index is 1.75. The summed E-state index contributed by atoms with van der Waals surface area (Å²) in [4.78, 5) is 37.5. The van der Waals surface area contributed by atoms with Gasteiger partial charge in [-0.2, -0.15) is 0 Å². The van der Waals surface area contributed by atoms with Crippen molar-refractivity contribution < 1.29 is 23.9 Å². The summed E-state index contributed by atoms with van der Waals surface area (Å²) in [6, 6.07) is 11.1. The first-order chi connectivity index (χ1) is 13.4. The molecule has 1 atom stereocenters. The van der Waals surface area contributed by atoms with Gasteiger partial charge in [-0.3, -0.25) is 14.4 Å². The largest absolute Gasteiger partial charge is 0.493 e. The molecule has 28 heavy (non-hydrogen) atoms. The first kappa shape index (κ1) is 19.2. The van der Waals surface area contributed by atoms with Gasteiger partial charge < -0.3 is 20.1 Å². The second-order valence-electron chi connectivity index (χ2n) is 6.27. The molecule has 8 nitrogen and oxygen atoms in total. The lowest BCUT2D eigenvalue weighted by Crippen LogP contribution is -2.34. The molecule has 1 aliphatic rings. The number of amides is 3. The number of nitrogens with one attached hydrogen (secondary N) is 2. The number of anilines is 3. The van der Waals surface area contributed by atoms with E-state index in [1.165, 1.54) is 21.1 Å². The molecule has 3 amide bonds. The summed E-state index contributed by atoms with van der Waals surface area (Å²) in [6.07, 6.45) is 0.0423. The zero-order chi connectivity index (χ0) is 20.3. The highest BCUT2D eigenvalue weighted by molar-refractivity contribution is 6.23. The van der Waals surface area contributed by atoms with Crippen LogP contribution in [0.25, 0.3) is 0 Å². The minimum absolute atomic E-state index is 0.0423. The standard InChI is InChI=1S/C20H21N3O5/c1-12(24)21-13-4-6-14(7-5-13)22-16-11-19(25)23(20(16)26)15-8-9-17(27-2)18(10-15)28-3/h4-10,16,22H,11H2,1-3H3,(H,21,24). The van der Waals surface area contributed by atoms with Crippen LogP contribution in [0.2, 0.25) is 0 Å². The molecule has 1 aliphatic heterocycles. The average Bonchev–Trinajstić information content (AvgIpc) is 2.95. The van der Waals surface area contributed by atoms with E-state index < -0.39 is 6.04 Å². The third-order valence-corrected chi connectivity index (χ3v) is 4.32. The lowest BCUT2D eigenvalue weighted by Gasteiger charge is -2.18. The second kappa shape index (κ2) is 7.99. The molecular weight excluding hydrogens is 362 g/mol. The molecule has 2 aromatic rings. The van der Waals surface area contributed by atoms with Crippen molar-refractivity contribution in [2.45, 2.75) is 19.4 Å². The van der Waals surface area contributed by atoms with Gasteiger partial charge in [-0.25, -0.2) is 4.90 Å². The van der Waals surface area contributed by atoms with Crippen LogP contribution in [0.4, 0.5) is 17.1 Å². The number of carbonyl (C=O) groups excluding carboxylic acids is 3. The minimum atomic E-state index is -0.674. The predicted octanol–water partition coefficient (Wildman–Crippen LogP) is 2.41. The molecule has 2 N–H and O–H groups in total. The van der Waals surface area contributed by atoms with Crippen LogP contribution in [0.3, 0.4) is 0 Å². The Labute approximate surface area is 162 Å². The third-order valence-electron chi connectivity index (χ3n) is 4.32. The van der Waals surface area contributed by atoms with Gasteiger partial charge in [0, 0.05) is 24.4 Å². The van der Waals surface area contributed by atoms with Crippen LogP contribution in [0.15, 0.2) is 42.5 Å². The van der Waals surface area contributed by atoms with E-state index in [0.29, 0.717) is 28.6 Å². The molecule has 8 heteroatoms. The monoisotopic (exact) mass is 383 g/mol. The van der Waals surface area contributed by atoms with E-state index in [9.17, 15) is 14.4 Å². The fraction of sp³-hybridized carbons (Fsp3) is 0.250. The molecule has 3 rings (SSSR count). The Hall–Kier alpha value is -3.55. The highest BCUT2D eigenvalue weighted by atomic mass is 16.5. The van der Waals surface area contributed by atoms with E-state index in [0.717, 1.165) is 4.90 Å². The average molecular weight is 383 g/mol. The van der Waals surface area contributed by atoms with Gasteiger partial charge in [-0.1, -0.05) is 0 Å². The van der Waals surface area contributed by atoms with E-state index in [-0.39, 0.29) is 24.1 Å². The van der Waals surface area contributed by atoms with Crippen LogP contribution in [-0.4, -0.2) is 38.0 Å². The molecule has 1 saturated heterocycles. The highest BCUT2D eigenvalue weighted by Gasteiger charge is 2.39. The first-order valence-corrected chi connectivity index (χ1v) is 8.66. The number of carbonyl (C=O) groups is 3. The molecule has 0 aliphatic carbocycles. The Bertz CT molecular complexity index is 911. The van der Waals surface area contributed by atoms with Crippen LogP contribution in [-0.2, 0) is 14.4 Å². The third kappa shape index (κ3) is 3.90. The van der Waals surface area contributed by atoms with Crippen LogP contribution in [0, 0.1) is 0 Å². The van der Waals surface area contributed by atoms with Crippen LogP contribution in [0.5, 0.6) is 11.5 Å². The summed E-state index contributed by atoms with van der Waals surface area (Å²) in [7, 11) is 3.01. The summed E-state index contributed by atoms with van der Waals surface area (Å²) in [5.41, 5.74) is 1.76. The molecular formula is C20H21N3O5. The van der Waals surface area contributed by atoms with Gasteiger partial charge in [0.2, 0.25) is 11.8 Å². The number of ether oxygens (including phenoxy) is 2. The first-order valence-electron chi connectivity index (χ1n) is 8.66. The maximum absolute atomic E-state index is 12.8. The molecule has 0 aromatic heterocycles. The minimum Gasteiger partial charge on any atom is -0.493 e. The van der Waals surface area contributed by atoms with Crippen molar-refractivity contribution in [3.05, 3.63) is 42.5 Å². The van der Waals surface area contributed by atoms with Crippen molar-refractivity contribution in [2.24, 2.45) is 0 Å². The summed E-state index contributed by atoms with van der Waals surface area (Å²) in [6.45, 7) is 1.43. The fourth-order valence-corrected chi connectivity index (χ4v) is 3.03. The summed E-state index contributed by atoms with van der Waals surface area (Å²) < 4.78 is 10.4. The van der Waals surface area contributed by atoms with Gasteiger partial charge in [0.15, 0.2) is 11.5 Å². The van der Waals surface area contributed by atoms with Crippen molar-refractivity contribution >= 4 is 34.8 Å². The number of hydrogen-bond acceptors (Lipinski definition) is 6. The quantitative estimate of drug-likeness (QED) is 0.744. The van der Waals surface area contributed by atoms with Crippen LogP contribution in [0.1, 0.15) is 13.3 Å². The van der Waals surface area contributed by atoms with Crippen molar-refractivity contribution in [1.82, 2.24) is 0 Å². The van der Waals surface area contributed by atoms with E-state index in [1.54, 1.807) is 42.5 Å². The molecule has 0 saturated carbocycles. The second-order valence-corrected chi connectivity index (χ2v) is 6.27. The molecule has 146 valence electrons. The Kier molecular flexibility index (Phi) is 5.49. The van der Waals surface area contributed by atoms with Crippen LogP contribution < -0.4 is 25.0 Å². The highest BCUT2D eigenvalue weighted by Crippen LogP contribution is 2.34. The number of methoxy groups -OCH3 is 2. The van der Waals surface area contributed by atoms with E-state index in [2.05, 4.69) is 10.6 Å². The summed E-state index contributed by atoms with van der Waals surface area (Å²) in [5, 5.41) is 5.74. The molecule has 2 aromatic carbocycles. The SMILES string of the molecule is COc1ccc(N2C(=O)CC(Nc3ccc(NC(C)=O)cc3)C2=O)cc1OC. The van der Waals surface area contributed by atoms with Crippen molar-refractivity contribution in [1.29, 1.82) is 0 Å². The van der Waals surface area contributed by atoms with Crippen LogP contribution >= 0.6 is 0 Å². The molecule has 1 fully saturated rings. The Morgan fingerprint density at radius 1 is 1.00 bits per heavy atom. The summed E-state index contributed by atoms with van der Waals surface area (Å²) in [5.74, 6) is 0.139. The normalized spacial score (nSPS) is 16.1. The number of imide groups is 1. The zero-order valence-corrected chi connectivity index (χ0v) is 15.8. The van der Waals surface area contributed by atoms with E-state index in [1.807, 2.05) is 0 Å². The van der Waals surface area contributed by atoms with Gasteiger partial charge in [0.1, 0.15) is 6.04 Å². The fourth-order valence-electron chi connectivity index (χ4n) is 3.03. The smallest absolute Gasteiger partial charge is 0.256 e. The Morgan fingerprint density at radius 2 is 1.64 bits per heavy atom. The molecule has 0 radical (unpaired) electrons. The van der Waals surface area contributed by atoms with Gasteiger partial charge in [0.25, 0.3) is 5.91 Å². The zero-order valence-electron chi connectivity index (χ0n) is 15.8. The maximum Gasteiger partial charge on any atom is 0.256 e. The molecule has 0 bridgehead atoms. The molecule has 0 spiro atoms. The predicted molar refractivity (Wildman–Crippen MR) is 105 cm³/mol. The van der Waals surface area contributed by atoms with Gasteiger partial charge in [-0.15, -0.1) is 0 Å².